The summed E-state index contributed by atoms with van der Waals surface area (Å²) in [5.41, 5.74) is 0.839. The predicted molar refractivity (Wildman–Crippen MR) is 69.3 cm³/mol. The average molecular weight is 245 g/mol. The van der Waals surface area contributed by atoms with Crippen molar-refractivity contribution in [1.29, 1.82) is 0 Å². The van der Waals surface area contributed by atoms with Gasteiger partial charge in [-0.15, -0.1) is 0 Å². The standard InChI is InChI=1S/C13H15N3O2/c1-3-18-12(17)9(2)15-13-14-8-10-6-4-5-7-11(10)16-13/h4-9H,3H2,1-2H3,(H,14,15,16). The molecule has 0 aliphatic heterocycles. The van der Waals surface area contributed by atoms with E-state index in [-0.39, 0.29) is 5.97 Å². The van der Waals surface area contributed by atoms with Crippen LogP contribution in [-0.4, -0.2) is 28.6 Å². The first kappa shape index (κ1) is 12.3. The minimum atomic E-state index is -0.467. The van der Waals surface area contributed by atoms with E-state index in [1.807, 2.05) is 24.3 Å². The Hall–Kier alpha value is -2.17. The number of nitrogens with zero attached hydrogens (tertiary/aromatic N) is 2. The maximum Gasteiger partial charge on any atom is 0.328 e. The fraction of sp³-hybridized carbons (Fsp3) is 0.308. The summed E-state index contributed by atoms with van der Waals surface area (Å²) in [6, 6.07) is 7.21. The molecule has 0 aliphatic carbocycles. The number of ether oxygens (including phenoxy) is 1. The molecule has 1 unspecified atom stereocenters. The number of aromatic nitrogens is 2. The second kappa shape index (κ2) is 5.44. The van der Waals surface area contributed by atoms with Crippen LogP contribution in [0.4, 0.5) is 5.95 Å². The van der Waals surface area contributed by atoms with Crippen molar-refractivity contribution in [3.05, 3.63) is 30.5 Å². The van der Waals surface area contributed by atoms with Crippen LogP contribution in [-0.2, 0) is 9.53 Å². The van der Waals surface area contributed by atoms with Gasteiger partial charge in [0.2, 0.25) is 5.95 Å². The number of rotatable bonds is 4. The van der Waals surface area contributed by atoms with Gasteiger partial charge in [0, 0.05) is 11.6 Å². The molecule has 5 nitrogen and oxygen atoms in total. The number of anilines is 1. The zero-order valence-electron chi connectivity index (χ0n) is 10.4. The highest BCUT2D eigenvalue weighted by Crippen LogP contribution is 2.12. The molecule has 0 saturated heterocycles. The number of para-hydroxylation sites is 1. The molecule has 0 bridgehead atoms. The van der Waals surface area contributed by atoms with E-state index in [1.165, 1.54) is 0 Å². The molecule has 2 rings (SSSR count). The van der Waals surface area contributed by atoms with E-state index in [9.17, 15) is 4.79 Å². The topological polar surface area (TPSA) is 64.1 Å². The molecule has 0 amide bonds. The fourth-order valence-corrected chi connectivity index (χ4v) is 1.56. The molecule has 1 heterocycles. The number of nitrogens with one attached hydrogen (secondary N) is 1. The first-order valence-electron chi connectivity index (χ1n) is 5.85. The van der Waals surface area contributed by atoms with Crippen LogP contribution in [0.25, 0.3) is 10.9 Å². The van der Waals surface area contributed by atoms with Crippen LogP contribution in [0.3, 0.4) is 0 Å². The maximum absolute atomic E-state index is 11.5. The van der Waals surface area contributed by atoms with Crippen LogP contribution in [0.1, 0.15) is 13.8 Å². The van der Waals surface area contributed by atoms with Crippen LogP contribution in [0.2, 0.25) is 0 Å². The molecule has 0 saturated carbocycles. The number of carbonyl (C=O) groups is 1. The van der Waals surface area contributed by atoms with Crippen molar-refractivity contribution in [1.82, 2.24) is 9.97 Å². The van der Waals surface area contributed by atoms with Crippen molar-refractivity contribution in [2.45, 2.75) is 19.9 Å². The third kappa shape index (κ3) is 2.74. The lowest BCUT2D eigenvalue weighted by Crippen LogP contribution is -2.29. The molecule has 1 aromatic heterocycles. The first-order valence-corrected chi connectivity index (χ1v) is 5.85. The minimum absolute atomic E-state index is 0.311. The Bertz CT molecular complexity index is 557. The summed E-state index contributed by atoms with van der Waals surface area (Å²) in [6.45, 7) is 3.86. The van der Waals surface area contributed by atoms with Gasteiger partial charge in [0.15, 0.2) is 0 Å². The quantitative estimate of drug-likeness (QED) is 0.834. The smallest absolute Gasteiger partial charge is 0.328 e. The van der Waals surface area contributed by atoms with E-state index in [1.54, 1.807) is 20.0 Å². The van der Waals surface area contributed by atoms with E-state index in [2.05, 4.69) is 15.3 Å². The zero-order chi connectivity index (χ0) is 13.0. The summed E-state index contributed by atoms with van der Waals surface area (Å²) >= 11 is 0. The van der Waals surface area contributed by atoms with Crippen molar-refractivity contribution >= 4 is 22.8 Å². The molecule has 1 aromatic carbocycles. The molecular weight excluding hydrogens is 230 g/mol. The van der Waals surface area contributed by atoms with Crippen LogP contribution in [0.15, 0.2) is 30.5 Å². The number of benzene rings is 1. The molecule has 0 aliphatic rings. The molecule has 0 spiro atoms. The van der Waals surface area contributed by atoms with E-state index in [4.69, 9.17) is 4.74 Å². The normalized spacial score (nSPS) is 12.1. The molecular formula is C13H15N3O2. The Morgan fingerprint density at radius 3 is 3.00 bits per heavy atom. The summed E-state index contributed by atoms with van der Waals surface area (Å²) in [5.74, 6) is 0.114. The van der Waals surface area contributed by atoms with Gasteiger partial charge in [0.1, 0.15) is 6.04 Å². The Morgan fingerprint density at radius 2 is 2.22 bits per heavy atom. The average Bonchev–Trinajstić information content (AvgIpc) is 2.39. The summed E-state index contributed by atoms with van der Waals surface area (Å²) in [7, 11) is 0. The number of esters is 1. The second-order valence-electron chi connectivity index (χ2n) is 3.87. The molecule has 1 atom stereocenters. The lowest BCUT2D eigenvalue weighted by Gasteiger charge is -2.12. The van der Waals surface area contributed by atoms with Crippen LogP contribution < -0.4 is 5.32 Å². The van der Waals surface area contributed by atoms with Gasteiger partial charge in [0.05, 0.1) is 12.1 Å². The van der Waals surface area contributed by atoms with Gasteiger partial charge in [-0.25, -0.2) is 14.8 Å². The Balaban J connectivity index is 2.14. The number of fused-ring (bicyclic) bond motifs is 1. The summed E-state index contributed by atoms with van der Waals surface area (Å²) < 4.78 is 4.91. The fourth-order valence-electron chi connectivity index (χ4n) is 1.56. The van der Waals surface area contributed by atoms with Crippen molar-refractivity contribution in [2.24, 2.45) is 0 Å². The number of hydrogen-bond donors (Lipinski definition) is 1. The molecule has 1 N–H and O–H groups in total. The zero-order valence-corrected chi connectivity index (χ0v) is 10.4. The molecule has 0 radical (unpaired) electrons. The molecule has 18 heavy (non-hydrogen) atoms. The van der Waals surface area contributed by atoms with Gasteiger partial charge in [-0.1, -0.05) is 18.2 Å². The molecule has 0 fully saturated rings. The summed E-state index contributed by atoms with van der Waals surface area (Å²) in [6.07, 6.45) is 1.72. The number of carbonyl (C=O) groups excluding carboxylic acids is 1. The summed E-state index contributed by atoms with van der Waals surface area (Å²) in [4.78, 5) is 20.0. The Labute approximate surface area is 105 Å². The predicted octanol–water partition coefficient (Wildman–Crippen LogP) is 1.99. The maximum atomic E-state index is 11.5. The summed E-state index contributed by atoms with van der Waals surface area (Å²) in [5, 5.41) is 3.89. The first-order chi connectivity index (χ1) is 8.70. The highest BCUT2D eigenvalue weighted by Gasteiger charge is 2.14. The largest absolute Gasteiger partial charge is 0.464 e. The van der Waals surface area contributed by atoms with Gasteiger partial charge in [-0.2, -0.15) is 0 Å². The van der Waals surface area contributed by atoms with Gasteiger partial charge in [-0.3, -0.25) is 0 Å². The molecule has 2 aromatic rings. The van der Waals surface area contributed by atoms with Crippen LogP contribution >= 0.6 is 0 Å². The highest BCUT2D eigenvalue weighted by molar-refractivity contribution is 5.80. The van der Waals surface area contributed by atoms with Gasteiger partial charge in [-0.05, 0) is 19.9 Å². The molecule has 94 valence electrons. The SMILES string of the molecule is CCOC(=O)C(C)Nc1ncc2ccccc2n1. The van der Waals surface area contributed by atoms with Gasteiger partial charge in [0.25, 0.3) is 0 Å². The third-order valence-corrected chi connectivity index (χ3v) is 2.47. The van der Waals surface area contributed by atoms with E-state index in [0.717, 1.165) is 10.9 Å². The number of hydrogen-bond acceptors (Lipinski definition) is 5. The molecule has 5 heteroatoms. The van der Waals surface area contributed by atoms with Crippen LogP contribution in [0.5, 0.6) is 0 Å². The van der Waals surface area contributed by atoms with Gasteiger partial charge < -0.3 is 10.1 Å². The second-order valence-corrected chi connectivity index (χ2v) is 3.87. The Morgan fingerprint density at radius 1 is 1.44 bits per heavy atom. The van der Waals surface area contributed by atoms with E-state index < -0.39 is 6.04 Å². The van der Waals surface area contributed by atoms with Crippen molar-refractivity contribution in [3.8, 4) is 0 Å². The van der Waals surface area contributed by atoms with Gasteiger partial charge >= 0.3 is 5.97 Å². The monoisotopic (exact) mass is 245 g/mol. The Kier molecular flexibility index (Phi) is 3.72. The van der Waals surface area contributed by atoms with E-state index in [0.29, 0.717) is 12.6 Å². The van der Waals surface area contributed by atoms with Crippen molar-refractivity contribution in [3.63, 3.8) is 0 Å². The lowest BCUT2D eigenvalue weighted by atomic mass is 10.2. The van der Waals surface area contributed by atoms with E-state index >= 15 is 0 Å². The van der Waals surface area contributed by atoms with Crippen molar-refractivity contribution in [2.75, 3.05) is 11.9 Å². The van der Waals surface area contributed by atoms with Crippen molar-refractivity contribution < 1.29 is 9.53 Å². The third-order valence-electron chi connectivity index (χ3n) is 2.47. The van der Waals surface area contributed by atoms with Crippen LogP contribution in [0, 0.1) is 0 Å². The highest BCUT2D eigenvalue weighted by atomic mass is 16.5. The lowest BCUT2D eigenvalue weighted by molar-refractivity contribution is -0.143. The minimum Gasteiger partial charge on any atom is -0.464 e.